The van der Waals surface area contributed by atoms with Crippen LogP contribution in [0.15, 0.2) is 11.6 Å². The third kappa shape index (κ3) is 2.38. The van der Waals surface area contributed by atoms with Crippen LogP contribution in [0.3, 0.4) is 0 Å². The van der Waals surface area contributed by atoms with Gasteiger partial charge in [0.1, 0.15) is 0 Å². The highest BCUT2D eigenvalue weighted by molar-refractivity contribution is 7.13. The molecular weight excluding hydrogens is 218 g/mol. The fourth-order valence-corrected chi connectivity index (χ4v) is 2.75. The Bertz CT molecular complexity index is 326. The van der Waals surface area contributed by atoms with Gasteiger partial charge < -0.3 is 10.2 Å². The molecule has 1 saturated heterocycles. The molecule has 1 aliphatic rings. The lowest BCUT2D eigenvalue weighted by Crippen LogP contribution is -2.60. The Hall–Kier alpha value is -0.610. The van der Waals surface area contributed by atoms with Gasteiger partial charge in [-0.05, 0) is 27.7 Å². The van der Waals surface area contributed by atoms with E-state index >= 15 is 0 Å². The molecule has 1 aromatic rings. The summed E-state index contributed by atoms with van der Waals surface area (Å²) in [6.07, 6.45) is 1.85. The number of likely N-dealkylation sites (tertiary alicyclic amines) is 1. The van der Waals surface area contributed by atoms with Gasteiger partial charge in [0.2, 0.25) is 0 Å². The van der Waals surface area contributed by atoms with Crippen molar-refractivity contribution in [2.24, 2.45) is 5.92 Å². The Balaban J connectivity index is 1.89. The molecule has 1 aliphatic heterocycles. The molecule has 0 spiro atoms. The predicted molar refractivity (Wildman–Crippen MR) is 70.0 cm³/mol. The topological polar surface area (TPSA) is 28.2 Å². The fraction of sp³-hybridized carbons (Fsp3) is 0.750. The van der Waals surface area contributed by atoms with E-state index in [2.05, 4.69) is 42.9 Å². The Morgan fingerprint density at radius 3 is 2.69 bits per heavy atom. The van der Waals surface area contributed by atoms with E-state index in [0.717, 1.165) is 11.0 Å². The molecule has 1 N–H and O–H groups in total. The highest BCUT2D eigenvalue weighted by Gasteiger charge is 2.39. The number of aromatic nitrogens is 1. The summed E-state index contributed by atoms with van der Waals surface area (Å²) < 4.78 is 0. The molecule has 2 heterocycles. The minimum absolute atomic E-state index is 0.142. The van der Waals surface area contributed by atoms with Gasteiger partial charge in [0.15, 0.2) is 5.13 Å². The number of nitrogens with one attached hydrogen (secondary N) is 1. The van der Waals surface area contributed by atoms with Gasteiger partial charge in [-0.2, -0.15) is 0 Å². The van der Waals surface area contributed by atoms with Crippen LogP contribution < -0.4 is 5.32 Å². The van der Waals surface area contributed by atoms with Crippen molar-refractivity contribution >= 4 is 16.5 Å². The fourth-order valence-electron chi connectivity index (χ4n) is 2.05. The summed E-state index contributed by atoms with van der Waals surface area (Å²) in [5, 5.41) is 6.59. The average molecular weight is 239 g/mol. The summed E-state index contributed by atoms with van der Waals surface area (Å²) in [4.78, 5) is 6.80. The maximum atomic E-state index is 4.29. The highest BCUT2D eigenvalue weighted by Crippen LogP contribution is 2.31. The van der Waals surface area contributed by atoms with Gasteiger partial charge in [0.05, 0.1) is 0 Å². The molecule has 0 saturated carbocycles. The van der Waals surface area contributed by atoms with Gasteiger partial charge in [-0.3, -0.25) is 0 Å². The number of thiazole rings is 1. The number of rotatable bonds is 4. The van der Waals surface area contributed by atoms with Crippen molar-refractivity contribution in [2.45, 2.75) is 39.3 Å². The third-order valence-corrected chi connectivity index (χ3v) is 4.21. The van der Waals surface area contributed by atoms with Crippen LogP contribution in [0.1, 0.15) is 27.7 Å². The molecule has 2 rings (SSSR count). The Kier molecular flexibility index (Phi) is 3.22. The zero-order chi connectivity index (χ0) is 11.8. The first kappa shape index (κ1) is 11.9. The van der Waals surface area contributed by atoms with E-state index in [1.165, 1.54) is 13.1 Å². The molecule has 0 bridgehead atoms. The molecule has 0 aliphatic carbocycles. The smallest absolute Gasteiger partial charge is 0.183 e. The Morgan fingerprint density at radius 1 is 1.50 bits per heavy atom. The molecule has 16 heavy (non-hydrogen) atoms. The lowest BCUT2D eigenvalue weighted by atomic mass is 9.81. The summed E-state index contributed by atoms with van der Waals surface area (Å²) >= 11 is 1.67. The molecule has 0 radical (unpaired) electrons. The van der Waals surface area contributed by atoms with E-state index in [1.54, 1.807) is 11.3 Å². The van der Waals surface area contributed by atoms with Crippen molar-refractivity contribution in [3.8, 4) is 0 Å². The summed E-state index contributed by atoms with van der Waals surface area (Å²) in [5.41, 5.74) is 0.142. The molecule has 3 nitrogen and oxygen atoms in total. The van der Waals surface area contributed by atoms with Crippen molar-refractivity contribution in [1.29, 1.82) is 0 Å². The maximum Gasteiger partial charge on any atom is 0.183 e. The molecule has 0 aromatic carbocycles. The summed E-state index contributed by atoms with van der Waals surface area (Å²) in [6.45, 7) is 11.5. The van der Waals surface area contributed by atoms with Gasteiger partial charge in [-0.25, -0.2) is 4.98 Å². The molecular formula is C12H21N3S. The van der Waals surface area contributed by atoms with Crippen LogP contribution in [-0.2, 0) is 0 Å². The first-order valence-corrected chi connectivity index (χ1v) is 6.79. The normalized spacial score (nSPS) is 18.8. The first-order chi connectivity index (χ1) is 7.49. The van der Waals surface area contributed by atoms with Crippen molar-refractivity contribution < 1.29 is 0 Å². The summed E-state index contributed by atoms with van der Waals surface area (Å²) in [5.74, 6) is 0.721. The van der Waals surface area contributed by atoms with Crippen molar-refractivity contribution in [3.05, 3.63) is 11.6 Å². The summed E-state index contributed by atoms with van der Waals surface area (Å²) in [7, 11) is 0. The SMILES string of the molecule is CC(C)N1CC(C(C)(C)Nc2nccs2)C1. The molecule has 0 amide bonds. The third-order valence-electron chi connectivity index (χ3n) is 3.52. The minimum Gasteiger partial charge on any atom is -0.356 e. The maximum absolute atomic E-state index is 4.29. The molecule has 0 unspecified atom stereocenters. The van der Waals surface area contributed by atoms with Gasteiger partial charge in [-0.1, -0.05) is 0 Å². The van der Waals surface area contributed by atoms with Crippen LogP contribution in [0.25, 0.3) is 0 Å². The largest absolute Gasteiger partial charge is 0.356 e. The predicted octanol–water partition coefficient (Wildman–Crippen LogP) is 2.67. The minimum atomic E-state index is 0.142. The zero-order valence-electron chi connectivity index (χ0n) is 10.5. The molecule has 1 fully saturated rings. The quantitative estimate of drug-likeness (QED) is 0.875. The molecule has 1 aromatic heterocycles. The standard InChI is InChI=1S/C12H21N3S/c1-9(2)15-7-10(8-15)12(3,4)14-11-13-5-6-16-11/h5-6,9-10H,7-8H2,1-4H3,(H,13,14). The molecule has 90 valence electrons. The van der Waals surface area contributed by atoms with Crippen LogP contribution in [0.5, 0.6) is 0 Å². The van der Waals surface area contributed by atoms with Crippen LogP contribution in [-0.4, -0.2) is 34.6 Å². The lowest BCUT2D eigenvalue weighted by molar-refractivity contribution is 0.0355. The van der Waals surface area contributed by atoms with Crippen LogP contribution in [0, 0.1) is 5.92 Å². The number of hydrogen-bond donors (Lipinski definition) is 1. The Labute approximate surface area is 102 Å². The van der Waals surface area contributed by atoms with Crippen LogP contribution in [0.4, 0.5) is 5.13 Å². The number of anilines is 1. The number of hydrogen-bond acceptors (Lipinski definition) is 4. The average Bonchev–Trinajstić information content (AvgIpc) is 2.50. The second-order valence-electron chi connectivity index (χ2n) is 5.43. The van der Waals surface area contributed by atoms with E-state index in [4.69, 9.17) is 0 Å². The second-order valence-corrected chi connectivity index (χ2v) is 6.32. The van der Waals surface area contributed by atoms with E-state index < -0.39 is 0 Å². The molecule has 0 atom stereocenters. The van der Waals surface area contributed by atoms with Gasteiger partial charge in [-0.15, -0.1) is 11.3 Å². The second kappa shape index (κ2) is 4.34. The van der Waals surface area contributed by atoms with E-state index in [1.807, 2.05) is 11.6 Å². The van der Waals surface area contributed by atoms with Gasteiger partial charge >= 0.3 is 0 Å². The van der Waals surface area contributed by atoms with Gasteiger partial charge in [0, 0.05) is 42.2 Å². The number of nitrogens with zero attached hydrogens (tertiary/aromatic N) is 2. The first-order valence-electron chi connectivity index (χ1n) is 5.91. The molecule has 4 heteroatoms. The van der Waals surface area contributed by atoms with Crippen molar-refractivity contribution in [2.75, 3.05) is 18.4 Å². The zero-order valence-corrected chi connectivity index (χ0v) is 11.3. The highest BCUT2D eigenvalue weighted by atomic mass is 32.1. The van der Waals surface area contributed by atoms with Crippen LogP contribution >= 0.6 is 11.3 Å². The Morgan fingerprint density at radius 2 is 2.19 bits per heavy atom. The van der Waals surface area contributed by atoms with Crippen LogP contribution in [0.2, 0.25) is 0 Å². The lowest BCUT2D eigenvalue weighted by Gasteiger charge is -2.49. The monoisotopic (exact) mass is 239 g/mol. The van der Waals surface area contributed by atoms with Crippen molar-refractivity contribution in [1.82, 2.24) is 9.88 Å². The van der Waals surface area contributed by atoms with E-state index in [0.29, 0.717) is 6.04 Å². The van der Waals surface area contributed by atoms with Gasteiger partial charge in [0.25, 0.3) is 0 Å². The van der Waals surface area contributed by atoms with E-state index in [9.17, 15) is 0 Å². The summed E-state index contributed by atoms with van der Waals surface area (Å²) in [6, 6.07) is 0.673. The van der Waals surface area contributed by atoms with E-state index in [-0.39, 0.29) is 5.54 Å². The van der Waals surface area contributed by atoms with Crippen molar-refractivity contribution in [3.63, 3.8) is 0 Å².